The fourth-order valence-electron chi connectivity index (χ4n) is 1.47. The Bertz CT molecular complexity index is 453. The Hall–Kier alpha value is -1.53. The molecular formula is C13H13ClFNO. The lowest BCUT2D eigenvalue weighted by atomic mass is 10.2. The van der Waals surface area contributed by atoms with E-state index in [1.807, 2.05) is 6.92 Å². The number of benzene rings is 1. The molecule has 0 bridgehead atoms. The number of carbonyl (C=O) groups is 1. The number of halogens is 2. The van der Waals surface area contributed by atoms with Crippen molar-refractivity contribution < 1.29 is 9.18 Å². The first-order valence-corrected chi connectivity index (χ1v) is 5.65. The summed E-state index contributed by atoms with van der Waals surface area (Å²) >= 11 is 5.63. The predicted molar refractivity (Wildman–Crippen MR) is 66.4 cm³/mol. The monoisotopic (exact) mass is 253 g/mol. The molecule has 0 spiro atoms. The zero-order chi connectivity index (χ0) is 12.8. The van der Waals surface area contributed by atoms with Crippen molar-refractivity contribution in [1.29, 1.82) is 0 Å². The highest BCUT2D eigenvalue weighted by molar-refractivity contribution is 6.30. The van der Waals surface area contributed by atoms with Crippen LogP contribution in [0.15, 0.2) is 18.2 Å². The normalized spacial score (nSPS) is 9.76. The zero-order valence-electron chi connectivity index (χ0n) is 9.54. The van der Waals surface area contributed by atoms with Crippen LogP contribution in [0.25, 0.3) is 0 Å². The van der Waals surface area contributed by atoms with Gasteiger partial charge >= 0.3 is 0 Å². The Kier molecular flexibility index (Phi) is 4.99. The molecule has 0 N–H and O–H groups in total. The number of rotatable bonds is 4. The minimum atomic E-state index is -0.624. The quantitative estimate of drug-likeness (QED) is 0.756. The molecule has 2 nitrogen and oxygen atoms in total. The number of amides is 1. The molecule has 0 aliphatic heterocycles. The van der Waals surface area contributed by atoms with Crippen LogP contribution >= 0.6 is 11.6 Å². The average Bonchev–Trinajstić information content (AvgIpc) is 2.28. The molecule has 0 atom stereocenters. The minimum Gasteiger partial charge on any atom is -0.327 e. The lowest BCUT2D eigenvalue weighted by molar-refractivity contribution is 0.0772. The summed E-state index contributed by atoms with van der Waals surface area (Å²) in [4.78, 5) is 13.4. The van der Waals surface area contributed by atoms with Gasteiger partial charge in [0.1, 0.15) is 5.82 Å². The Balaban J connectivity index is 2.97. The summed E-state index contributed by atoms with van der Waals surface area (Å²) in [5.74, 6) is 1.36. The number of terminal acetylenes is 1. The third kappa shape index (κ3) is 3.47. The third-order valence-corrected chi connectivity index (χ3v) is 2.46. The van der Waals surface area contributed by atoms with Crippen molar-refractivity contribution in [2.45, 2.75) is 13.3 Å². The molecule has 0 heterocycles. The van der Waals surface area contributed by atoms with Crippen LogP contribution in [0.5, 0.6) is 0 Å². The summed E-state index contributed by atoms with van der Waals surface area (Å²) in [6.07, 6.45) is 5.95. The third-order valence-electron chi connectivity index (χ3n) is 2.22. The molecule has 0 radical (unpaired) electrons. The van der Waals surface area contributed by atoms with Crippen LogP contribution in [-0.4, -0.2) is 23.9 Å². The van der Waals surface area contributed by atoms with E-state index in [9.17, 15) is 9.18 Å². The maximum atomic E-state index is 13.6. The summed E-state index contributed by atoms with van der Waals surface area (Å²) in [5.41, 5.74) is -0.00176. The van der Waals surface area contributed by atoms with E-state index in [1.54, 1.807) is 0 Å². The standard InChI is InChI=1S/C13H13ClFNO/c1-3-7-16(8-4-2)13(17)11-6-5-10(14)9-12(11)15/h1,5-6,9H,4,7-8H2,2H3. The van der Waals surface area contributed by atoms with Gasteiger partial charge < -0.3 is 4.90 Å². The van der Waals surface area contributed by atoms with Crippen molar-refractivity contribution in [2.75, 3.05) is 13.1 Å². The molecule has 4 heteroatoms. The van der Waals surface area contributed by atoms with E-state index in [2.05, 4.69) is 5.92 Å². The second kappa shape index (κ2) is 6.27. The maximum absolute atomic E-state index is 13.6. The van der Waals surface area contributed by atoms with Gasteiger partial charge in [-0.3, -0.25) is 4.79 Å². The molecule has 0 saturated heterocycles. The van der Waals surface area contributed by atoms with Crippen LogP contribution in [0.2, 0.25) is 5.02 Å². The molecule has 0 aliphatic rings. The summed E-state index contributed by atoms with van der Waals surface area (Å²) < 4.78 is 13.6. The van der Waals surface area contributed by atoms with Gasteiger partial charge in [0.15, 0.2) is 0 Å². The zero-order valence-corrected chi connectivity index (χ0v) is 10.3. The van der Waals surface area contributed by atoms with Gasteiger partial charge in [0.2, 0.25) is 0 Å². The molecular weight excluding hydrogens is 241 g/mol. The van der Waals surface area contributed by atoms with Gasteiger partial charge in [0.25, 0.3) is 5.91 Å². The van der Waals surface area contributed by atoms with Crippen LogP contribution in [0.4, 0.5) is 4.39 Å². The van der Waals surface area contributed by atoms with E-state index in [4.69, 9.17) is 18.0 Å². The number of hydrogen-bond acceptors (Lipinski definition) is 1. The van der Waals surface area contributed by atoms with Crippen molar-refractivity contribution in [3.05, 3.63) is 34.6 Å². The average molecular weight is 254 g/mol. The second-order valence-electron chi connectivity index (χ2n) is 3.56. The molecule has 0 unspecified atom stereocenters. The molecule has 17 heavy (non-hydrogen) atoms. The van der Waals surface area contributed by atoms with Crippen LogP contribution in [0, 0.1) is 18.2 Å². The molecule has 1 aromatic rings. The maximum Gasteiger partial charge on any atom is 0.257 e. The van der Waals surface area contributed by atoms with E-state index >= 15 is 0 Å². The Labute approximate surface area is 105 Å². The highest BCUT2D eigenvalue weighted by Crippen LogP contribution is 2.16. The molecule has 0 aromatic heterocycles. The van der Waals surface area contributed by atoms with E-state index in [1.165, 1.54) is 17.0 Å². The second-order valence-corrected chi connectivity index (χ2v) is 3.99. The topological polar surface area (TPSA) is 20.3 Å². The molecule has 0 aliphatic carbocycles. The smallest absolute Gasteiger partial charge is 0.257 e. The van der Waals surface area contributed by atoms with Crippen LogP contribution in [0.1, 0.15) is 23.7 Å². The highest BCUT2D eigenvalue weighted by atomic mass is 35.5. The van der Waals surface area contributed by atoms with Gasteiger partial charge in [-0.05, 0) is 24.6 Å². The SMILES string of the molecule is C#CCN(CCC)C(=O)c1ccc(Cl)cc1F. The van der Waals surface area contributed by atoms with Gasteiger partial charge in [-0.1, -0.05) is 24.4 Å². The lowest BCUT2D eigenvalue weighted by Gasteiger charge is -2.19. The van der Waals surface area contributed by atoms with Gasteiger partial charge in [-0.2, -0.15) is 0 Å². The van der Waals surface area contributed by atoms with Crippen LogP contribution < -0.4 is 0 Å². The van der Waals surface area contributed by atoms with Crippen molar-refractivity contribution in [3.63, 3.8) is 0 Å². The predicted octanol–water partition coefficient (Wildman–Crippen LogP) is 2.96. The van der Waals surface area contributed by atoms with E-state index in [0.717, 1.165) is 12.5 Å². The lowest BCUT2D eigenvalue weighted by Crippen LogP contribution is -2.32. The Morgan fingerprint density at radius 3 is 2.82 bits per heavy atom. The summed E-state index contributed by atoms with van der Waals surface area (Å²) in [6, 6.07) is 3.98. The van der Waals surface area contributed by atoms with Crippen molar-refractivity contribution in [3.8, 4) is 12.3 Å². The molecule has 90 valence electrons. The van der Waals surface area contributed by atoms with Crippen LogP contribution in [0.3, 0.4) is 0 Å². The first-order valence-electron chi connectivity index (χ1n) is 5.28. The first kappa shape index (κ1) is 13.5. The molecule has 1 amide bonds. The van der Waals surface area contributed by atoms with Crippen molar-refractivity contribution in [2.24, 2.45) is 0 Å². The van der Waals surface area contributed by atoms with Gasteiger partial charge in [0.05, 0.1) is 12.1 Å². The summed E-state index contributed by atoms with van der Waals surface area (Å²) in [6.45, 7) is 2.61. The largest absolute Gasteiger partial charge is 0.327 e. The van der Waals surface area contributed by atoms with Gasteiger partial charge in [-0.25, -0.2) is 4.39 Å². The van der Waals surface area contributed by atoms with Crippen LogP contribution in [-0.2, 0) is 0 Å². The summed E-state index contributed by atoms with van der Waals surface area (Å²) in [5, 5.41) is 0.262. The molecule has 1 aromatic carbocycles. The summed E-state index contributed by atoms with van der Waals surface area (Å²) in [7, 11) is 0. The van der Waals surface area contributed by atoms with E-state index in [-0.39, 0.29) is 17.1 Å². The van der Waals surface area contributed by atoms with Crippen molar-refractivity contribution >= 4 is 17.5 Å². The first-order chi connectivity index (χ1) is 8.10. The molecule has 1 rings (SSSR count). The number of nitrogens with zero attached hydrogens (tertiary/aromatic N) is 1. The van der Waals surface area contributed by atoms with Crippen molar-refractivity contribution in [1.82, 2.24) is 4.90 Å². The molecule has 0 saturated carbocycles. The van der Waals surface area contributed by atoms with Gasteiger partial charge in [-0.15, -0.1) is 6.42 Å². The molecule has 0 fully saturated rings. The van der Waals surface area contributed by atoms with Gasteiger partial charge in [0, 0.05) is 11.6 Å². The van der Waals surface area contributed by atoms with E-state index in [0.29, 0.717) is 6.54 Å². The fraction of sp³-hybridized carbons (Fsp3) is 0.308. The fourth-order valence-corrected chi connectivity index (χ4v) is 1.62. The number of carbonyl (C=O) groups excluding carboxylic acids is 1. The highest BCUT2D eigenvalue weighted by Gasteiger charge is 2.17. The Morgan fingerprint density at radius 1 is 1.59 bits per heavy atom. The Morgan fingerprint density at radius 2 is 2.29 bits per heavy atom. The van der Waals surface area contributed by atoms with E-state index < -0.39 is 11.7 Å². The number of hydrogen-bond donors (Lipinski definition) is 0. The minimum absolute atomic E-state index is 0.00176.